The van der Waals surface area contributed by atoms with Crippen molar-refractivity contribution in [1.29, 1.82) is 0 Å². The lowest BCUT2D eigenvalue weighted by Crippen LogP contribution is -2.46. The largest absolute Gasteiger partial charge is 0.386 e. The highest BCUT2D eigenvalue weighted by molar-refractivity contribution is 5.79. The maximum absolute atomic E-state index is 10.9. The van der Waals surface area contributed by atoms with Crippen molar-refractivity contribution in [2.45, 2.75) is 45.3 Å². The minimum atomic E-state index is -0.485. The lowest BCUT2D eigenvalue weighted by atomic mass is 9.89. The van der Waals surface area contributed by atoms with E-state index in [4.69, 9.17) is 0 Å². The number of aliphatic hydroxyl groups is 1. The summed E-state index contributed by atoms with van der Waals surface area (Å²) in [6.07, 6.45) is 1.98. The SMILES string of the molecule is Cc1ccc2cc(C(O)C(C)(C)N3CCCC3)ccc2n1. The Morgan fingerprint density at radius 3 is 2.57 bits per heavy atom. The number of aryl methyl sites for hydroxylation is 1. The molecule has 3 rings (SSSR count). The van der Waals surface area contributed by atoms with Gasteiger partial charge in [-0.15, -0.1) is 0 Å². The number of likely N-dealkylation sites (tertiary alicyclic amines) is 1. The first kappa shape index (κ1) is 14.5. The summed E-state index contributed by atoms with van der Waals surface area (Å²) < 4.78 is 0. The third kappa shape index (κ3) is 2.68. The van der Waals surface area contributed by atoms with Crippen molar-refractivity contribution in [2.24, 2.45) is 0 Å². The van der Waals surface area contributed by atoms with Gasteiger partial charge in [0.05, 0.1) is 11.6 Å². The van der Waals surface area contributed by atoms with E-state index in [1.165, 1.54) is 12.8 Å². The van der Waals surface area contributed by atoms with E-state index in [2.05, 4.69) is 35.9 Å². The van der Waals surface area contributed by atoms with Gasteiger partial charge in [0.1, 0.15) is 0 Å². The summed E-state index contributed by atoms with van der Waals surface area (Å²) in [7, 11) is 0. The van der Waals surface area contributed by atoms with E-state index < -0.39 is 6.10 Å². The molecule has 1 aliphatic rings. The maximum Gasteiger partial charge on any atom is 0.0968 e. The molecule has 0 radical (unpaired) electrons. The van der Waals surface area contributed by atoms with Gasteiger partial charge >= 0.3 is 0 Å². The molecule has 1 atom stereocenters. The highest BCUT2D eigenvalue weighted by Crippen LogP contribution is 2.34. The zero-order chi connectivity index (χ0) is 15.0. The molecule has 2 aromatic rings. The average Bonchev–Trinajstić information content (AvgIpc) is 3.01. The molecule has 1 fully saturated rings. The van der Waals surface area contributed by atoms with Gasteiger partial charge in [0, 0.05) is 16.6 Å². The predicted octanol–water partition coefficient (Wildman–Crippen LogP) is 3.45. The molecule has 3 nitrogen and oxygen atoms in total. The second kappa shape index (κ2) is 5.39. The molecule has 0 spiro atoms. The smallest absolute Gasteiger partial charge is 0.0968 e. The van der Waals surface area contributed by atoms with Crippen LogP contribution in [0.3, 0.4) is 0 Å². The molecule has 1 aromatic carbocycles. The van der Waals surface area contributed by atoms with Crippen LogP contribution in [0, 0.1) is 6.92 Å². The molecule has 2 heterocycles. The molecule has 1 aliphatic heterocycles. The highest BCUT2D eigenvalue weighted by Gasteiger charge is 2.36. The summed E-state index contributed by atoms with van der Waals surface area (Å²) in [4.78, 5) is 6.92. The van der Waals surface area contributed by atoms with Gasteiger partial charge in [-0.3, -0.25) is 9.88 Å². The minimum absolute atomic E-state index is 0.234. The Balaban J connectivity index is 1.93. The van der Waals surface area contributed by atoms with Crippen LogP contribution in [0.5, 0.6) is 0 Å². The maximum atomic E-state index is 10.9. The zero-order valence-corrected chi connectivity index (χ0v) is 13.1. The fraction of sp³-hybridized carbons (Fsp3) is 0.500. The molecule has 112 valence electrons. The molecular weight excluding hydrogens is 260 g/mol. The summed E-state index contributed by atoms with van der Waals surface area (Å²) in [6, 6.07) is 10.2. The van der Waals surface area contributed by atoms with E-state index in [0.717, 1.165) is 35.2 Å². The standard InChI is InChI=1S/C18H24N2O/c1-13-6-7-14-12-15(8-9-16(14)19-13)17(21)18(2,3)20-10-4-5-11-20/h6-9,12,17,21H,4-5,10-11H2,1-3H3. The lowest BCUT2D eigenvalue weighted by molar-refractivity contribution is 0.00140. The number of benzene rings is 1. The molecule has 0 saturated carbocycles. The fourth-order valence-corrected chi connectivity index (χ4v) is 3.29. The van der Waals surface area contributed by atoms with Crippen LogP contribution in [0.4, 0.5) is 0 Å². The Kier molecular flexibility index (Phi) is 3.72. The van der Waals surface area contributed by atoms with Crippen molar-refractivity contribution in [2.75, 3.05) is 13.1 Å². The van der Waals surface area contributed by atoms with Gasteiger partial charge in [-0.1, -0.05) is 12.1 Å². The summed E-state index contributed by atoms with van der Waals surface area (Å²) in [5.74, 6) is 0. The second-order valence-corrected chi connectivity index (χ2v) is 6.66. The Hall–Kier alpha value is -1.45. The molecule has 0 aliphatic carbocycles. The van der Waals surface area contributed by atoms with Gasteiger partial charge in [0.15, 0.2) is 0 Å². The summed E-state index contributed by atoms with van der Waals surface area (Å²) in [5, 5.41) is 12.0. The van der Waals surface area contributed by atoms with Gasteiger partial charge in [-0.25, -0.2) is 0 Å². The number of aromatic nitrogens is 1. The van der Waals surface area contributed by atoms with Crippen molar-refractivity contribution >= 4 is 10.9 Å². The summed E-state index contributed by atoms with van der Waals surface area (Å²) in [5.41, 5.74) is 2.76. The number of hydrogen-bond donors (Lipinski definition) is 1. The van der Waals surface area contributed by atoms with Crippen LogP contribution >= 0.6 is 0 Å². The zero-order valence-electron chi connectivity index (χ0n) is 13.1. The molecule has 1 saturated heterocycles. The highest BCUT2D eigenvalue weighted by atomic mass is 16.3. The van der Waals surface area contributed by atoms with Gasteiger partial charge in [-0.05, 0) is 70.5 Å². The Morgan fingerprint density at radius 2 is 1.86 bits per heavy atom. The van der Waals surface area contributed by atoms with E-state index in [-0.39, 0.29) is 5.54 Å². The van der Waals surface area contributed by atoms with Crippen molar-refractivity contribution in [3.63, 3.8) is 0 Å². The van der Waals surface area contributed by atoms with Crippen LogP contribution in [0.2, 0.25) is 0 Å². The number of hydrogen-bond acceptors (Lipinski definition) is 3. The van der Waals surface area contributed by atoms with E-state index in [1.807, 2.05) is 25.1 Å². The molecule has 1 unspecified atom stereocenters. The third-order valence-corrected chi connectivity index (χ3v) is 4.76. The third-order valence-electron chi connectivity index (χ3n) is 4.76. The molecule has 1 aromatic heterocycles. The van der Waals surface area contributed by atoms with Crippen molar-refractivity contribution in [3.8, 4) is 0 Å². The van der Waals surface area contributed by atoms with E-state index in [0.29, 0.717) is 0 Å². The molecular formula is C18H24N2O. The van der Waals surface area contributed by atoms with Gasteiger partial charge in [-0.2, -0.15) is 0 Å². The normalized spacial score (nSPS) is 18.3. The van der Waals surface area contributed by atoms with Gasteiger partial charge < -0.3 is 5.11 Å². The van der Waals surface area contributed by atoms with Crippen LogP contribution in [0.25, 0.3) is 10.9 Å². The van der Waals surface area contributed by atoms with Crippen LogP contribution < -0.4 is 0 Å². The summed E-state index contributed by atoms with van der Waals surface area (Å²) in [6.45, 7) is 8.44. The Bertz CT molecular complexity index is 645. The lowest BCUT2D eigenvalue weighted by Gasteiger charge is -2.39. The predicted molar refractivity (Wildman–Crippen MR) is 86.3 cm³/mol. The van der Waals surface area contributed by atoms with E-state index in [1.54, 1.807) is 0 Å². The van der Waals surface area contributed by atoms with Crippen molar-refractivity contribution < 1.29 is 5.11 Å². The topological polar surface area (TPSA) is 36.4 Å². The van der Waals surface area contributed by atoms with Crippen molar-refractivity contribution in [3.05, 3.63) is 41.6 Å². The first-order chi connectivity index (χ1) is 9.98. The number of fused-ring (bicyclic) bond motifs is 1. The first-order valence-corrected chi connectivity index (χ1v) is 7.79. The number of nitrogens with zero attached hydrogens (tertiary/aromatic N) is 2. The van der Waals surface area contributed by atoms with Crippen molar-refractivity contribution in [1.82, 2.24) is 9.88 Å². The minimum Gasteiger partial charge on any atom is -0.386 e. The summed E-state index contributed by atoms with van der Waals surface area (Å²) >= 11 is 0. The van der Waals surface area contributed by atoms with Crippen LogP contribution in [0.1, 0.15) is 44.1 Å². The Labute approximate surface area is 126 Å². The van der Waals surface area contributed by atoms with Crippen LogP contribution in [-0.4, -0.2) is 33.6 Å². The molecule has 0 bridgehead atoms. The number of rotatable bonds is 3. The monoisotopic (exact) mass is 284 g/mol. The quantitative estimate of drug-likeness (QED) is 0.938. The molecule has 3 heteroatoms. The number of pyridine rings is 1. The fourth-order valence-electron chi connectivity index (χ4n) is 3.29. The van der Waals surface area contributed by atoms with Crippen LogP contribution in [-0.2, 0) is 0 Å². The number of aliphatic hydroxyl groups excluding tert-OH is 1. The van der Waals surface area contributed by atoms with Gasteiger partial charge in [0.2, 0.25) is 0 Å². The average molecular weight is 284 g/mol. The second-order valence-electron chi connectivity index (χ2n) is 6.66. The molecule has 0 amide bonds. The van der Waals surface area contributed by atoms with E-state index >= 15 is 0 Å². The van der Waals surface area contributed by atoms with E-state index in [9.17, 15) is 5.11 Å². The first-order valence-electron chi connectivity index (χ1n) is 7.79. The molecule has 1 N–H and O–H groups in total. The molecule has 21 heavy (non-hydrogen) atoms. The van der Waals surface area contributed by atoms with Gasteiger partial charge in [0.25, 0.3) is 0 Å². The Morgan fingerprint density at radius 1 is 1.14 bits per heavy atom. The van der Waals surface area contributed by atoms with Crippen LogP contribution in [0.15, 0.2) is 30.3 Å².